The van der Waals surface area contributed by atoms with Crippen LogP contribution in [0.5, 0.6) is 5.88 Å². The molecule has 1 aromatic heterocycles. The fourth-order valence-corrected chi connectivity index (χ4v) is 0.780. The van der Waals surface area contributed by atoms with Crippen LogP contribution >= 0.6 is 0 Å². The summed E-state index contributed by atoms with van der Waals surface area (Å²) in [6.07, 6.45) is 2.82. The van der Waals surface area contributed by atoms with Gasteiger partial charge in [-0.2, -0.15) is 0 Å². The maximum Gasteiger partial charge on any atom is 0.221 e. The van der Waals surface area contributed by atoms with Crippen molar-refractivity contribution in [2.75, 3.05) is 6.61 Å². The topological polar surface area (TPSA) is 22.1 Å². The molecule has 1 radical (unpaired) electrons. The van der Waals surface area contributed by atoms with E-state index in [2.05, 4.69) is 18.0 Å². The minimum absolute atomic E-state index is 0.588. The lowest BCUT2D eigenvalue weighted by Crippen LogP contribution is -1.94. The Morgan fingerprint density at radius 2 is 2.36 bits per heavy atom. The minimum Gasteiger partial charge on any atom is -0.478 e. The fourth-order valence-electron chi connectivity index (χ4n) is 0.780. The molecule has 0 fully saturated rings. The highest BCUT2D eigenvalue weighted by atomic mass is 16.5. The molecule has 2 heteroatoms. The van der Waals surface area contributed by atoms with Gasteiger partial charge < -0.3 is 4.74 Å². The number of aryl methyl sites for hydroxylation is 1. The van der Waals surface area contributed by atoms with Crippen molar-refractivity contribution in [1.29, 1.82) is 0 Å². The highest BCUT2D eigenvalue weighted by Gasteiger charge is 1.93. The second-order valence-corrected chi connectivity index (χ2v) is 2.21. The first-order chi connectivity index (χ1) is 5.36. The normalized spacial score (nSPS) is 9.64. The predicted molar refractivity (Wildman–Crippen MR) is 43.6 cm³/mol. The summed E-state index contributed by atoms with van der Waals surface area (Å²) in [6.45, 7) is 4.67. The molecule has 1 aromatic rings. The number of hydrogen-bond donors (Lipinski definition) is 0. The van der Waals surface area contributed by atoms with Crippen LogP contribution in [0.4, 0.5) is 0 Å². The van der Waals surface area contributed by atoms with E-state index in [1.54, 1.807) is 0 Å². The van der Waals surface area contributed by atoms with Gasteiger partial charge in [-0.1, -0.05) is 6.92 Å². The van der Waals surface area contributed by atoms with Crippen LogP contribution in [0, 0.1) is 6.07 Å². The third kappa shape index (κ3) is 2.22. The molecule has 11 heavy (non-hydrogen) atoms. The summed E-state index contributed by atoms with van der Waals surface area (Å²) < 4.78 is 5.14. The minimum atomic E-state index is 0.588. The molecule has 1 rings (SSSR count). The van der Waals surface area contributed by atoms with Gasteiger partial charge in [-0.25, -0.2) is 4.98 Å². The van der Waals surface area contributed by atoms with Crippen LogP contribution < -0.4 is 4.74 Å². The average molecular weight is 150 g/mol. The Morgan fingerprint density at radius 3 is 2.82 bits per heavy atom. The Kier molecular flexibility index (Phi) is 2.90. The van der Waals surface area contributed by atoms with Gasteiger partial charge >= 0.3 is 0 Å². The first-order valence-electron chi connectivity index (χ1n) is 3.86. The Hall–Kier alpha value is -1.05. The molecule has 0 amide bonds. The number of pyridine rings is 1. The zero-order chi connectivity index (χ0) is 8.10. The first-order valence-corrected chi connectivity index (χ1v) is 3.86. The molecular formula is C9H12NO. The second-order valence-electron chi connectivity index (χ2n) is 2.21. The van der Waals surface area contributed by atoms with Crippen LogP contribution in [-0.4, -0.2) is 11.6 Å². The van der Waals surface area contributed by atoms with Crippen molar-refractivity contribution < 1.29 is 4.74 Å². The lowest BCUT2D eigenvalue weighted by atomic mass is 10.2. The van der Waals surface area contributed by atoms with Crippen molar-refractivity contribution in [3.05, 3.63) is 23.9 Å². The third-order valence-corrected chi connectivity index (χ3v) is 1.42. The molecule has 0 saturated heterocycles. The van der Waals surface area contributed by atoms with Crippen molar-refractivity contribution in [1.82, 2.24) is 4.98 Å². The second kappa shape index (κ2) is 3.96. The zero-order valence-electron chi connectivity index (χ0n) is 6.92. The number of aromatic nitrogens is 1. The van der Waals surface area contributed by atoms with Gasteiger partial charge in [0.15, 0.2) is 0 Å². The van der Waals surface area contributed by atoms with Gasteiger partial charge in [0.05, 0.1) is 6.61 Å². The summed E-state index contributed by atoms with van der Waals surface area (Å²) >= 11 is 0. The maximum absolute atomic E-state index is 5.14. The van der Waals surface area contributed by atoms with Gasteiger partial charge in [0.2, 0.25) is 5.88 Å². The molecule has 0 atom stereocenters. The smallest absolute Gasteiger partial charge is 0.221 e. The summed E-state index contributed by atoms with van der Waals surface area (Å²) in [4.78, 5) is 4.06. The Bertz CT molecular complexity index is 205. The highest BCUT2D eigenvalue weighted by Crippen LogP contribution is 2.06. The molecule has 0 bridgehead atoms. The van der Waals surface area contributed by atoms with Gasteiger partial charge in [0.25, 0.3) is 0 Å². The first kappa shape index (κ1) is 8.05. The van der Waals surface area contributed by atoms with E-state index in [4.69, 9.17) is 4.74 Å². The zero-order valence-corrected chi connectivity index (χ0v) is 6.92. The van der Waals surface area contributed by atoms with Crippen LogP contribution in [0.1, 0.15) is 19.4 Å². The SMILES string of the molecule is CCOc1[c]cc(CC)cn1. The molecular weight excluding hydrogens is 138 g/mol. The molecule has 0 N–H and O–H groups in total. The van der Waals surface area contributed by atoms with E-state index in [-0.39, 0.29) is 0 Å². The molecule has 59 valence electrons. The molecule has 0 aliphatic heterocycles. The molecule has 0 saturated carbocycles. The quantitative estimate of drug-likeness (QED) is 0.656. The number of nitrogens with zero attached hydrogens (tertiary/aromatic N) is 1. The molecule has 0 unspecified atom stereocenters. The van der Waals surface area contributed by atoms with E-state index in [0.29, 0.717) is 12.5 Å². The molecule has 0 aromatic carbocycles. The van der Waals surface area contributed by atoms with Gasteiger partial charge in [-0.15, -0.1) is 0 Å². The van der Waals surface area contributed by atoms with Crippen molar-refractivity contribution in [2.24, 2.45) is 0 Å². The lowest BCUT2D eigenvalue weighted by Gasteiger charge is -2.00. The van der Waals surface area contributed by atoms with Gasteiger partial charge in [-0.3, -0.25) is 0 Å². The number of rotatable bonds is 3. The summed E-state index contributed by atoms with van der Waals surface area (Å²) in [5.74, 6) is 0.588. The summed E-state index contributed by atoms with van der Waals surface area (Å²) in [7, 11) is 0. The van der Waals surface area contributed by atoms with Crippen molar-refractivity contribution in [2.45, 2.75) is 20.3 Å². The summed E-state index contributed by atoms with van der Waals surface area (Å²) in [5.41, 5.74) is 1.19. The van der Waals surface area contributed by atoms with Crippen LogP contribution in [-0.2, 0) is 6.42 Å². The van der Waals surface area contributed by atoms with Crippen LogP contribution in [0.15, 0.2) is 12.3 Å². The van der Waals surface area contributed by atoms with E-state index in [1.807, 2.05) is 19.2 Å². The number of ether oxygens (including phenoxy) is 1. The third-order valence-electron chi connectivity index (χ3n) is 1.42. The van der Waals surface area contributed by atoms with E-state index in [0.717, 1.165) is 6.42 Å². The van der Waals surface area contributed by atoms with Gasteiger partial charge in [-0.05, 0) is 25.0 Å². The van der Waals surface area contributed by atoms with Crippen LogP contribution in [0.3, 0.4) is 0 Å². The standard InChI is InChI=1S/C9H12NO/c1-3-8-5-6-9(10-7-8)11-4-2/h5,7H,3-4H2,1-2H3. The Balaban J connectivity index is 2.66. The molecule has 1 heterocycles. The Labute approximate surface area is 67.2 Å². The van der Waals surface area contributed by atoms with E-state index in [1.165, 1.54) is 5.56 Å². The molecule has 2 nitrogen and oxygen atoms in total. The maximum atomic E-state index is 5.14. The van der Waals surface area contributed by atoms with Crippen molar-refractivity contribution in [3.8, 4) is 5.88 Å². The van der Waals surface area contributed by atoms with Crippen LogP contribution in [0.2, 0.25) is 0 Å². The van der Waals surface area contributed by atoms with Crippen molar-refractivity contribution >= 4 is 0 Å². The van der Waals surface area contributed by atoms with E-state index < -0.39 is 0 Å². The van der Waals surface area contributed by atoms with Gasteiger partial charge in [0, 0.05) is 12.3 Å². The van der Waals surface area contributed by atoms with E-state index >= 15 is 0 Å². The fraction of sp³-hybridized carbons (Fsp3) is 0.444. The summed E-state index contributed by atoms with van der Waals surface area (Å²) in [5, 5.41) is 0. The summed E-state index contributed by atoms with van der Waals surface area (Å²) in [6, 6.07) is 4.87. The lowest BCUT2D eigenvalue weighted by molar-refractivity contribution is 0.326. The number of hydrogen-bond acceptors (Lipinski definition) is 2. The van der Waals surface area contributed by atoms with Crippen molar-refractivity contribution in [3.63, 3.8) is 0 Å². The molecule has 0 aliphatic rings. The molecule has 0 aliphatic carbocycles. The van der Waals surface area contributed by atoms with Gasteiger partial charge in [0.1, 0.15) is 0 Å². The largest absolute Gasteiger partial charge is 0.478 e. The van der Waals surface area contributed by atoms with Crippen LogP contribution in [0.25, 0.3) is 0 Å². The monoisotopic (exact) mass is 150 g/mol. The molecule has 0 spiro atoms. The predicted octanol–water partition coefficient (Wildman–Crippen LogP) is 1.84. The highest BCUT2D eigenvalue weighted by molar-refractivity contribution is 5.15. The van der Waals surface area contributed by atoms with E-state index in [9.17, 15) is 0 Å². The Morgan fingerprint density at radius 1 is 1.55 bits per heavy atom. The average Bonchev–Trinajstić information content (AvgIpc) is 2.07.